The second kappa shape index (κ2) is 2.84. The highest BCUT2D eigenvalue weighted by Crippen LogP contribution is 2.35. The molecule has 3 nitrogen and oxygen atoms in total. The highest BCUT2D eigenvalue weighted by atomic mass is 15.3. The van der Waals surface area contributed by atoms with E-state index < -0.39 is 0 Å². The van der Waals surface area contributed by atoms with Crippen LogP contribution in [0.4, 0.5) is 0 Å². The molecule has 2 N–H and O–H groups in total. The fourth-order valence-corrected chi connectivity index (χ4v) is 1.64. The lowest BCUT2D eigenvalue weighted by atomic mass is 10.2. The third-order valence-corrected chi connectivity index (χ3v) is 2.82. The summed E-state index contributed by atoms with van der Waals surface area (Å²) in [6.07, 6.45) is 3.44. The van der Waals surface area contributed by atoms with E-state index in [9.17, 15) is 0 Å². The Morgan fingerprint density at radius 3 is 2.69 bits per heavy atom. The number of nitrogens with two attached hydrogens (primary N) is 1. The van der Waals surface area contributed by atoms with Crippen molar-refractivity contribution in [2.24, 2.45) is 5.73 Å². The van der Waals surface area contributed by atoms with Crippen LogP contribution < -0.4 is 5.73 Å². The van der Waals surface area contributed by atoms with Gasteiger partial charge in [0.15, 0.2) is 0 Å². The van der Waals surface area contributed by atoms with Gasteiger partial charge in [-0.25, -0.2) is 0 Å². The van der Waals surface area contributed by atoms with Crippen molar-refractivity contribution in [3.05, 3.63) is 17.5 Å². The predicted octanol–water partition coefficient (Wildman–Crippen LogP) is 1.38. The number of nitrogens with zero attached hydrogens (tertiary/aromatic N) is 2. The van der Waals surface area contributed by atoms with Gasteiger partial charge in [0.05, 0.1) is 5.69 Å². The maximum atomic E-state index is 6.01. The molecule has 0 aromatic carbocycles. The van der Waals surface area contributed by atoms with E-state index in [1.165, 1.54) is 18.5 Å². The molecule has 0 unspecified atom stereocenters. The van der Waals surface area contributed by atoms with Gasteiger partial charge in [-0.2, -0.15) is 5.10 Å². The molecular weight excluding hydrogens is 162 g/mol. The van der Waals surface area contributed by atoms with E-state index in [0.29, 0.717) is 0 Å². The van der Waals surface area contributed by atoms with E-state index in [-0.39, 0.29) is 5.54 Å². The first-order valence-electron chi connectivity index (χ1n) is 4.89. The number of rotatable bonds is 3. The van der Waals surface area contributed by atoms with Gasteiger partial charge >= 0.3 is 0 Å². The first-order valence-corrected chi connectivity index (χ1v) is 4.89. The summed E-state index contributed by atoms with van der Waals surface area (Å²) in [5.74, 6) is 0. The van der Waals surface area contributed by atoms with Crippen LogP contribution in [0.1, 0.15) is 30.7 Å². The maximum Gasteiger partial charge on any atom is 0.0596 e. The molecule has 1 aliphatic carbocycles. The molecule has 0 spiro atoms. The van der Waals surface area contributed by atoms with E-state index in [0.717, 1.165) is 18.7 Å². The largest absolute Gasteiger partial charge is 0.325 e. The van der Waals surface area contributed by atoms with E-state index >= 15 is 0 Å². The van der Waals surface area contributed by atoms with E-state index in [4.69, 9.17) is 5.73 Å². The molecule has 1 aromatic heterocycles. The third-order valence-electron chi connectivity index (χ3n) is 2.82. The Balaban J connectivity index is 1.97. The van der Waals surface area contributed by atoms with Crippen LogP contribution in [0.3, 0.4) is 0 Å². The van der Waals surface area contributed by atoms with Crippen molar-refractivity contribution >= 4 is 0 Å². The lowest BCUT2D eigenvalue weighted by Gasteiger charge is -2.09. The van der Waals surface area contributed by atoms with Crippen LogP contribution in [-0.4, -0.2) is 15.3 Å². The highest BCUT2D eigenvalue weighted by molar-refractivity contribution is 5.07. The SMILES string of the molecule is Cc1cc(C)n(CCC2(N)CC2)n1. The molecule has 2 rings (SSSR count). The van der Waals surface area contributed by atoms with Crippen molar-refractivity contribution in [1.29, 1.82) is 0 Å². The molecular formula is C10H17N3. The van der Waals surface area contributed by atoms with Crippen LogP contribution in [0.5, 0.6) is 0 Å². The van der Waals surface area contributed by atoms with Gasteiger partial charge in [-0.15, -0.1) is 0 Å². The molecule has 0 amide bonds. The molecule has 0 atom stereocenters. The van der Waals surface area contributed by atoms with Gasteiger partial charge in [0.1, 0.15) is 0 Å². The Kier molecular flexibility index (Phi) is 1.91. The van der Waals surface area contributed by atoms with Crippen molar-refractivity contribution in [2.75, 3.05) is 0 Å². The van der Waals surface area contributed by atoms with E-state index in [1.54, 1.807) is 0 Å². The number of hydrogen-bond donors (Lipinski definition) is 1. The summed E-state index contributed by atoms with van der Waals surface area (Å²) >= 11 is 0. The quantitative estimate of drug-likeness (QED) is 0.761. The average Bonchev–Trinajstić information content (AvgIpc) is 2.69. The van der Waals surface area contributed by atoms with Crippen molar-refractivity contribution in [1.82, 2.24) is 9.78 Å². The number of aryl methyl sites for hydroxylation is 3. The Morgan fingerprint density at radius 1 is 1.54 bits per heavy atom. The molecule has 0 saturated heterocycles. The van der Waals surface area contributed by atoms with Crippen LogP contribution >= 0.6 is 0 Å². The minimum Gasteiger partial charge on any atom is -0.325 e. The molecule has 1 aliphatic rings. The summed E-state index contributed by atoms with van der Waals surface area (Å²) in [5, 5.41) is 4.40. The van der Waals surface area contributed by atoms with Crippen LogP contribution in [0.2, 0.25) is 0 Å². The van der Waals surface area contributed by atoms with Gasteiger partial charge in [-0.1, -0.05) is 0 Å². The van der Waals surface area contributed by atoms with Crippen LogP contribution in [-0.2, 0) is 6.54 Å². The Morgan fingerprint density at radius 2 is 2.23 bits per heavy atom. The molecule has 0 radical (unpaired) electrons. The van der Waals surface area contributed by atoms with Crippen molar-refractivity contribution in [2.45, 2.75) is 45.2 Å². The van der Waals surface area contributed by atoms with Crippen molar-refractivity contribution < 1.29 is 0 Å². The molecule has 0 bridgehead atoms. The molecule has 1 aromatic rings. The molecule has 72 valence electrons. The number of aromatic nitrogens is 2. The second-order valence-corrected chi connectivity index (χ2v) is 4.26. The summed E-state index contributed by atoms with van der Waals surface area (Å²) < 4.78 is 2.06. The van der Waals surface area contributed by atoms with Gasteiger partial charge in [-0.3, -0.25) is 4.68 Å². The van der Waals surface area contributed by atoms with Gasteiger partial charge in [0.25, 0.3) is 0 Å². The molecule has 1 saturated carbocycles. The minimum absolute atomic E-state index is 0.145. The summed E-state index contributed by atoms with van der Waals surface area (Å²) in [4.78, 5) is 0. The normalized spacial score (nSPS) is 19.0. The zero-order valence-electron chi connectivity index (χ0n) is 8.38. The summed E-state index contributed by atoms with van der Waals surface area (Å²) in [5.41, 5.74) is 8.49. The Bertz CT molecular complexity index is 310. The van der Waals surface area contributed by atoms with Crippen LogP contribution in [0.25, 0.3) is 0 Å². The topological polar surface area (TPSA) is 43.8 Å². The maximum absolute atomic E-state index is 6.01. The zero-order chi connectivity index (χ0) is 9.47. The van der Waals surface area contributed by atoms with Crippen LogP contribution in [0.15, 0.2) is 6.07 Å². The van der Waals surface area contributed by atoms with Crippen LogP contribution in [0, 0.1) is 13.8 Å². The standard InChI is InChI=1S/C10H17N3/c1-8-7-9(2)13(12-8)6-5-10(11)3-4-10/h7H,3-6,11H2,1-2H3. The molecule has 1 fully saturated rings. The first-order chi connectivity index (χ1) is 6.09. The zero-order valence-corrected chi connectivity index (χ0v) is 8.38. The monoisotopic (exact) mass is 179 g/mol. The lowest BCUT2D eigenvalue weighted by molar-refractivity contribution is 0.492. The fourth-order valence-electron chi connectivity index (χ4n) is 1.64. The smallest absolute Gasteiger partial charge is 0.0596 e. The Hall–Kier alpha value is -0.830. The van der Waals surface area contributed by atoms with Gasteiger partial charge in [0.2, 0.25) is 0 Å². The number of hydrogen-bond acceptors (Lipinski definition) is 2. The fraction of sp³-hybridized carbons (Fsp3) is 0.700. The summed E-state index contributed by atoms with van der Waals surface area (Å²) in [7, 11) is 0. The van der Waals surface area contributed by atoms with Crippen molar-refractivity contribution in [3.8, 4) is 0 Å². The van der Waals surface area contributed by atoms with Gasteiger partial charge in [-0.05, 0) is 39.2 Å². The lowest BCUT2D eigenvalue weighted by Crippen LogP contribution is -2.24. The summed E-state index contributed by atoms with van der Waals surface area (Å²) in [6, 6.07) is 2.11. The molecule has 3 heteroatoms. The van der Waals surface area contributed by atoms with Gasteiger partial charge in [0, 0.05) is 17.8 Å². The molecule has 1 heterocycles. The Labute approximate surface area is 78.9 Å². The molecule has 0 aliphatic heterocycles. The third kappa shape index (κ3) is 1.91. The first kappa shape index (κ1) is 8.75. The predicted molar refractivity (Wildman–Crippen MR) is 52.5 cm³/mol. The molecule has 13 heavy (non-hydrogen) atoms. The van der Waals surface area contributed by atoms with E-state index in [1.807, 2.05) is 6.92 Å². The second-order valence-electron chi connectivity index (χ2n) is 4.26. The van der Waals surface area contributed by atoms with E-state index in [2.05, 4.69) is 22.8 Å². The highest BCUT2D eigenvalue weighted by Gasteiger charge is 2.37. The van der Waals surface area contributed by atoms with Gasteiger partial charge < -0.3 is 5.73 Å². The average molecular weight is 179 g/mol. The van der Waals surface area contributed by atoms with Crippen molar-refractivity contribution in [3.63, 3.8) is 0 Å². The minimum atomic E-state index is 0.145. The summed E-state index contributed by atoms with van der Waals surface area (Å²) in [6.45, 7) is 5.09.